The van der Waals surface area contributed by atoms with Gasteiger partial charge in [0.05, 0.1) is 12.3 Å². The Morgan fingerprint density at radius 1 is 1.38 bits per heavy atom. The summed E-state index contributed by atoms with van der Waals surface area (Å²) in [5.41, 5.74) is -0.292. The van der Waals surface area contributed by atoms with Crippen molar-refractivity contribution >= 4 is 7.60 Å². The van der Waals surface area contributed by atoms with Crippen molar-refractivity contribution in [1.29, 1.82) is 0 Å². The first-order chi connectivity index (χ1) is 5.50. The summed E-state index contributed by atoms with van der Waals surface area (Å²) in [4.78, 5) is 9.22. The molecule has 0 amide bonds. The molecule has 0 aliphatic carbocycles. The van der Waals surface area contributed by atoms with Gasteiger partial charge in [-0.2, -0.15) is 0 Å². The molecule has 13 heavy (non-hydrogen) atoms. The van der Waals surface area contributed by atoms with Crippen LogP contribution in [0.3, 0.4) is 0 Å². The molecular weight excluding hydrogens is 234 g/mol. The smallest absolute Gasteiger partial charge is 0.324 e. The minimum absolute atomic E-state index is 0. The van der Waals surface area contributed by atoms with Gasteiger partial charge in [0, 0.05) is 16.8 Å². The number of hydrogen-bond donors (Lipinski definition) is 1. The second-order valence-corrected chi connectivity index (χ2v) is 5.62. The SMILES string of the molecule is CCCCCOP(=O)(O)C(C)C.[Co]. The third kappa shape index (κ3) is 7.71. The van der Waals surface area contributed by atoms with Crippen LogP contribution in [0.15, 0.2) is 0 Å². The normalized spacial score (nSPS) is 15.2. The van der Waals surface area contributed by atoms with Crippen molar-refractivity contribution in [3.8, 4) is 0 Å². The molecule has 0 aromatic carbocycles. The van der Waals surface area contributed by atoms with E-state index in [0.717, 1.165) is 19.3 Å². The molecule has 0 saturated heterocycles. The first kappa shape index (κ1) is 16.1. The molecule has 0 aromatic rings. The van der Waals surface area contributed by atoms with E-state index in [1.54, 1.807) is 13.8 Å². The van der Waals surface area contributed by atoms with Crippen molar-refractivity contribution in [3.63, 3.8) is 0 Å². The molecule has 1 atom stereocenters. The molecular formula is C8H19CoO3P. The van der Waals surface area contributed by atoms with Gasteiger partial charge in [0.25, 0.3) is 0 Å². The summed E-state index contributed by atoms with van der Waals surface area (Å²) < 4.78 is 16.1. The maximum Gasteiger partial charge on any atom is 0.330 e. The summed E-state index contributed by atoms with van der Waals surface area (Å²) in [6.45, 7) is 5.88. The van der Waals surface area contributed by atoms with E-state index in [-0.39, 0.29) is 22.4 Å². The fraction of sp³-hybridized carbons (Fsp3) is 1.00. The van der Waals surface area contributed by atoms with Gasteiger partial charge in [-0.05, 0) is 6.42 Å². The van der Waals surface area contributed by atoms with Crippen LogP contribution in [0.5, 0.6) is 0 Å². The van der Waals surface area contributed by atoms with Gasteiger partial charge in [-0.3, -0.25) is 4.57 Å². The Morgan fingerprint density at radius 2 is 1.92 bits per heavy atom. The third-order valence-corrected chi connectivity index (χ3v) is 3.53. The van der Waals surface area contributed by atoms with Crippen LogP contribution in [0.4, 0.5) is 0 Å². The van der Waals surface area contributed by atoms with E-state index in [1.807, 2.05) is 0 Å². The van der Waals surface area contributed by atoms with Crippen LogP contribution in [0.25, 0.3) is 0 Å². The van der Waals surface area contributed by atoms with E-state index in [0.29, 0.717) is 6.61 Å². The second kappa shape index (κ2) is 8.01. The van der Waals surface area contributed by atoms with Crippen LogP contribution < -0.4 is 0 Å². The Balaban J connectivity index is 0. The zero-order chi connectivity index (χ0) is 9.61. The van der Waals surface area contributed by atoms with E-state index in [2.05, 4.69) is 6.92 Å². The topological polar surface area (TPSA) is 46.5 Å². The maximum absolute atomic E-state index is 11.2. The average molecular weight is 253 g/mol. The summed E-state index contributed by atoms with van der Waals surface area (Å²) in [6.07, 6.45) is 3.02. The number of unbranched alkanes of at least 4 members (excludes halogenated alkanes) is 2. The molecule has 1 unspecified atom stereocenters. The van der Waals surface area contributed by atoms with Gasteiger partial charge in [0.2, 0.25) is 0 Å². The summed E-state index contributed by atoms with van der Waals surface area (Å²) >= 11 is 0. The van der Waals surface area contributed by atoms with Gasteiger partial charge in [-0.15, -0.1) is 0 Å². The predicted molar refractivity (Wildman–Crippen MR) is 50.4 cm³/mol. The molecule has 0 fully saturated rings. The fourth-order valence-electron chi connectivity index (χ4n) is 0.696. The predicted octanol–water partition coefficient (Wildman–Crippen LogP) is 2.78. The van der Waals surface area contributed by atoms with E-state index in [1.165, 1.54) is 0 Å². The van der Waals surface area contributed by atoms with E-state index < -0.39 is 7.60 Å². The van der Waals surface area contributed by atoms with Crippen LogP contribution in [-0.4, -0.2) is 17.2 Å². The molecule has 0 spiro atoms. The first-order valence-corrected chi connectivity index (χ1v) is 6.12. The Hall–Kier alpha value is 0.656. The van der Waals surface area contributed by atoms with Gasteiger partial charge < -0.3 is 9.42 Å². The maximum atomic E-state index is 11.2. The number of hydrogen-bond acceptors (Lipinski definition) is 2. The zero-order valence-electron chi connectivity index (χ0n) is 8.45. The van der Waals surface area contributed by atoms with Crippen LogP contribution in [-0.2, 0) is 25.9 Å². The molecule has 0 rings (SSSR count). The molecule has 0 heterocycles. The molecule has 0 saturated carbocycles. The molecule has 0 bridgehead atoms. The Bertz CT molecular complexity index is 161. The van der Waals surface area contributed by atoms with Crippen molar-refractivity contribution in [2.24, 2.45) is 0 Å². The first-order valence-electron chi connectivity index (χ1n) is 4.47. The monoisotopic (exact) mass is 253 g/mol. The molecule has 83 valence electrons. The van der Waals surface area contributed by atoms with Gasteiger partial charge >= 0.3 is 7.60 Å². The van der Waals surface area contributed by atoms with E-state index in [4.69, 9.17) is 4.52 Å². The van der Waals surface area contributed by atoms with Crippen molar-refractivity contribution in [3.05, 3.63) is 0 Å². The Morgan fingerprint density at radius 3 is 2.31 bits per heavy atom. The molecule has 1 N–H and O–H groups in total. The minimum atomic E-state index is -3.30. The van der Waals surface area contributed by atoms with Crippen molar-refractivity contribution in [2.75, 3.05) is 6.61 Å². The van der Waals surface area contributed by atoms with Crippen LogP contribution in [0, 0.1) is 0 Å². The van der Waals surface area contributed by atoms with Gasteiger partial charge in [-0.25, -0.2) is 0 Å². The quantitative estimate of drug-likeness (QED) is 0.584. The van der Waals surface area contributed by atoms with Gasteiger partial charge in [0.1, 0.15) is 0 Å². The van der Waals surface area contributed by atoms with E-state index in [9.17, 15) is 9.46 Å². The standard InChI is InChI=1S/C8H19O3P.Co/c1-4-5-6-7-11-12(9,10)8(2)3;/h8H,4-7H2,1-3H3,(H,9,10);. The minimum Gasteiger partial charge on any atom is -0.324 e. The van der Waals surface area contributed by atoms with Gasteiger partial charge in [0.15, 0.2) is 0 Å². The largest absolute Gasteiger partial charge is 0.330 e. The Labute approximate surface area is 91.0 Å². The van der Waals surface area contributed by atoms with Crippen LogP contribution in [0.2, 0.25) is 0 Å². The average Bonchev–Trinajstić information content (AvgIpc) is 1.98. The van der Waals surface area contributed by atoms with Crippen molar-refractivity contribution < 1.29 is 30.8 Å². The molecule has 3 nitrogen and oxygen atoms in total. The summed E-state index contributed by atoms with van der Waals surface area (Å²) in [6, 6.07) is 0. The summed E-state index contributed by atoms with van der Waals surface area (Å²) in [5, 5.41) is 0. The second-order valence-electron chi connectivity index (χ2n) is 3.20. The number of rotatable bonds is 6. The Kier molecular flexibility index (Phi) is 9.91. The third-order valence-electron chi connectivity index (χ3n) is 1.68. The van der Waals surface area contributed by atoms with Crippen LogP contribution in [0.1, 0.15) is 40.0 Å². The molecule has 5 heteroatoms. The summed E-state index contributed by atoms with van der Waals surface area (Å²) in [5.74, 6) is 0. The van der Waals surface area contributed by atoms with Crippen molar-refractivity contribution in [2.45, 2.75) is 45.7 Å². The summed E-state index contributed by atoms with van der Waals surface area (Å²) in [7, 11) is -3.30. The molecule has 0 aliphatic heterocycles. The van der Waals surface area contributed by atoms with Crippen molar-refractivity contribution in [1.82, 2.24) is 0 Å². The molecule has 1 radical (unpaired) electrons. The zero-order valence-corrected chi connectivity index (χ0v) is 10.4. The molecule has 0 aromatic heterocycles. The van der Waals surface area contributed by atoms with Gasteiger partial charge in [-0.1, -0.05) is 33.6 Å². The van der Waals surface area contributed by atoms with E-state index >= 15 is 0 Å². The molecule has 0 aliphatic rings. The fourth-order valence-corrected chi connectivity index (χ4v) is 1.39. The van der Waals surface area contributed by atoms with Crippen LogP contribution >= 0.6 is 7.60 Å².